The van der Waals surface area contributed by atoms with Crippen molar-refractivity contribution in [3.8, 4) is 0 Å². The van der Waals surface area contributed by atoms with E-state index in [-0.39, 0.29) is 14.9 Å². The first-order chi connectivity index (χ1) is 7.20. The average molecular weight is 348 g/mol. The van der Waals surface area contributed by atoms with Gasteiger partial charge in [0, 0.05) is 13.1 Å². The normalized spacial score (nSPS) is 11.6. The Labute approximate surface area is 104 Å². The molecule has 0 aliphatic rings. The molecular formula is C9H9F4IN2. The molecule has 16 heavy (non-hydrogen) atoms. The SMILES string of the molecule is CN(CC(F)(F)F)c1cc(F)c(I)cc1N. The number of hydrogen-bond donors (Lipinski definition) is 1. The van der Waals surface area contributed by atoms with Gasteiger partial charge in [0.05, 0.1) is 14.9 Å². The highest BCUT2D eigenvalue weighted by Gasteiger charge is 2.30. The molecule has 1 rings (SSSR count). The number of benzene rings is 1. The molecule has 0 unspecified atom stereocenters. The van der Waals surface area contributed by atoms with Gasteiger partial charge in [0.25, 0.3) is 0 Å². The quantitative estimate of drug-likeness (QED) is 0.506. The number of alkyl halides is 3. The van der Waals surface area contributed by atoms with Gasteiger partial charge in [-0.3, -0.25) is 0 Å². The van der Waals surface area contributed by atoms with Crippen molar-refractivity contribution < 1.29 is 17.6 Å². The summed E-state index contributed by atoms with van der Waals surface area (Å²) >= 11 is 1.72. The van der Waals surface area contributed by atoms with Gasteiger partial charge in [-0.2, -0.15) is 13.2 Å². The Bertz CT molecular complexity index is 392. The zero-order chi connectivity index (χ0) is 12.5. The van der Waals surface area contributed by atoms with Crippen molar-refractivity contribution in [2.24, 2.45) is 0 Å². The molecule has 1 aromatic rings. The minimum absolute atomic E-state index is 0.0373. The second-order valence-corrected chi connectivity index (χ2v) is 4.46. The highest BCUT2D eigenvalue weighted by atomic mass is 127. The summed E-state index contributed by atoms with van der Waals surface area (Å²) in [7, 11) is 1.21. The number of nitrogens with two attached hydrogens (primary N) is 1. The zero-order valence-corrected chi connectivity index (χ0v) is 10.4. The van der Waals surface area contributed by atoms with Crippen LogP contribution in [0.1, 0.15) is 0 Å². The summed E-state index contributed by atoms with van der Waals surface area (Å²) in [5.74, 6) is -0.584. The van der Waals surface area contributed by atoms with E-state index in [4.69, 9.17) is 5.73 Å². The summed E-state index contributed by atoms with van der Waals surface area (Å²) in [4.78, 5) is 0.870. The molecule has 0 amide bonds. The molecule has 0 bridgehead atoms. The maximum atomic E-state index is 13.2. The third kappa shape index (κ3) is 3.39. The summed E-state index contributed by atoms with van der Waals surface area (Å²) in [6.07, 6.45) is -4.35. The molecule has 0 heterocycles. The van der Waals surface area contributed by atoms with Crippen LogP contribution in [-0.2, 0) is 0 Å². The molecule has 0 saturated carbocycles. The van der Waals surface area contributed by atoms with Crippen LogP contribution >= 0.6 is 22.6 Å². The Hall–Kier alpha value is -0.730. The second-order valence-electron chi connectivity index (χ2n) is 3.30. The first-order valence-electron chi connectivity index (χ1n) is 4.23. The van der Waals surface area contributed by atoms with Crippen molar-refractivity contribution in [3.05, 3.63) is 21.5 Å². The lowest BCUT2D eigenvalue weighted by Crippen LogP contribution is -2.31. The van der Waals surface area contributed by atoms with E-state index in [1.54, 1.807) is 22.6 Å². The Morgan fingerprint density at radius 3 is 2.44 bits per heavy atom. The van der Waals surface area contributed by atoms with E-state index >= 15 is 0 Å². The van der Waals surface area contributed by atoms with E-state index in [0.717, 1.165) is 11.0 Å². The van der Waals surface area contributed by atoms with Gasteiger partial charge < -0.3 is 10.6 Å². The van der Waals surface area contributed by atoms with Crippen LogP contribution in [0.5, 0.6) is 0 Å². The third-order valence-electron chi connectivity index (χ3n) is 1.90. The molecule has 1 aromatic carbocycles. The Morgan fingerprint density at radius 1 is 1.38 bits per heavy atom. The van der Waals surface area contributed by atoms with Gasteiger partial charge in [-0.15, -0.1) is 0 Å². The first-order valence-corrected chi connectivity index (χ1v) is 5.31. The molecule has 7 heteroatoms. The smallest absolute Gasteiger partial charge is 0.397 e. The van der Waals surface area contributed by atoms with Crippen molar-refractivity contribution in [1.82, 2.24) is 0 Å². The van der Waals surface area contributed by atoms with Crippen LogP contribution in [0.4, 0.5) is 28.9 Å². The van der Waals surface area contributed by atoms with E-state index in [2.05, 4.69) is 0 Å². The van der Waals surface area contributed by atoms with Crippen molar-refractivity contribution in [2.45, 2.75) is 6.18 Å². The highest BCUT2D eigenvalue weighted by Crippen LogP contribution is 2.29. The van der Waals surface area contributed by atoms with Gasteiger partial charge >= 0.3 is 6.18 Å². The van der Waals surface area contributed by atoms with Crippen LogP contribution < -0.4 is 10.6 Å². The summed E-state index contributed by atoms with van der Waals surface area (Å²) in [6.45, 7) is -1.17. The molecule has 0 saturated heterocycles. The minimum Gasteiger partial charge on any atom is -0.397 e. The van der Waals surface area contributed by atoms with Gasteiger partial charge in [-0.25, -0.2) is 4.39 Å². The molecule has 0 atom stereocenters. The Kier molecular flexibility index (Phi) is 3.87. The number of anilines is 2. The van der Waals surface area contributed by atoms with Crippen LogP contribution in [0, 0.1) is 9.39 Å². The molecule has 2 N–H and O–H groups in total. The topological polar surface area (TPSA) is 29.3 Å². The van der Waals surface area contributed by atoms with Gasteiger partial charge in [-0.1, -0.05) is 0 Å². The first kappa shape index (κ1) is 13.3. The standard InChI is InChI=1S/C9H9F4IN2/c1-16(4-9(11,12)13)8-2-5(10)6(14)3-7(8)15/h2-3H,4,15H2,1H3. The molecule has 0 spiro atoms. The molecule has 2 nitrogen and oxygen atoms in total. The van der Waals surface area contributed by atoms with Crippen molar-refractivity contribution in [1.29, 1.82) is 0 Å². The lowest BCUT2D eigenvalue weighted by molar-refractivity contribution is -0.119. The number of nitrogens with zero attached hydrogens (tertiary/aromatic N) is 1. The number of halogens is 5. The highest BCUT2D eigenvalue weighted by molar-refractivity contribution is 14.1. The lowest BCUT2D eigenvalue weighted by Gasteiger charge is -2.22. The maximum Gasteiger partial charge on any atom is 0.405 e. The fourth-order valence-corrected chi connectivity index (χ4v) is 1.73. The summed E-state index contributed by atoms with van der Waals surface area (Å²) < 4.78 is 49.8. The van der Waals surface area contributed by atoms with Crippen molar-refractivity contribution in [3.63, 3.8) is 0 Å². The average Bonchev–Trinajstić information content (AvgIpc) is 2.08. The van der Waals surface area contributed by atoms with Gasteiger partial charge in [0.1, 0.15) is 12.4 Å². The fraction of sp³-hybridized carbons (Fsp3) is 0.333. The molecule has 0 fully saturated rings. The summed E-state index contributed by atoms with van der Waals surface area (Å²) in [6, 6.07) is 2.31. The van der Waals surface area contributed by atoms with E-state index < -0.39 is 18.5 Å². The number of rotatable bonds is 2. The van der Waals surface area contributed by atoms with Crippen molar-refractivity contribution >= 4 is 34.0 Å². The predicted molar refractivity (Wildman–Crippen MR) is 62.9 cm³/mol. The van der Waals surface area contributed by atoms with E-state index in [0.29, 0.717) is 0 Å². The summed E-state index contributed by atoms with van der Waals surface area (Å²) in [5.41, 5.74) is 5.69. The molecule has 0 aromatic heterocycles. The third-order valence-corrected chi connectivity index (χ3v) is 2.72. The van der Waals surface area contributed by atoms with Gasteiger partial charge in [-0.05, 0) is 28.7 Å². The Morgan fingerprint density at radius 2 is 1.94 bits per heavy atom. The predicted octanol–water partition coefficient (Wildman–Crippen LogP) is 3.01. The second kappa shape index (κ2) is 4.64. The van der Waals surface area contributed by atoms with Crippen LogP contribution in [-0.4, -0.2) is 19.8 Å². The van der Waals surface area contributed by atoms with Crippen molar-refractivity contribution in [2.75, 3.05) is 24.2 Å². The maximum absolute atomic E-state index is 13.2. The zero-order valence-electron chi connectivity index (χ0n) is 8.28. The molecule has 90 valence electrons. The Balaban J connectivity index is 3.00. The molecule has 0 radical (unpaired) electrons. The van der Waals surface area contributed by atoms with Gasteiger partial charge in [0.15, 0.2) is 0 Å². The van der Waals surface area contributed by atoms with Crippen LogP contribution in [0.25, 0.3) is 0 Å². The number of nitrogen functional groups attached to an aromatic ring is 1. The molecule has 0 aliphatic carbocycles. The van der Waals surface area contributed by atoms with E-state index in [1.165, 1.54) is 13.1 Å². The van der Waals surface area contributed by atoms with Crippen LogP contribution in [0.3, 0.4) is 0 Å². The fourth-order valence-electron chi connectivity index (χ4n) is 1.24. The minimum atomic E-state index is -4.35. The lowest BCUT2D eigenvalue weighted by atomic mass is 10.2. The van der Waals surface area contributed by atoms with E-state index in [1.807, 2.05) is 0 Å². The molecule has 0 aliphatic heterocycles. The monoisotopic (exact) mass is 348 g/mol. The summed E-state index contributed by atoms with van der Waals surface area (Å²) in [5, 5.41) is 0. The van der Waals surface area contributed by atoms with Crippen LogP contribution in [0.2, 0.25) is 0 Å². The van der Waals surface area contributed by atoms with E-state index in [9.17, 15) is 17.6 Å². The largest absolute Gasteiger partial charge is 0.405 e. The molecular weight excluding hydrogens is 339 g/mol. The van der Waals surface area contributed by atoms with Crippen LogP contribution in [0.15, 0.2) is 12.1 Å². The van der Waals surface area contributed by atoms with Gasteiger partial charge in [0.2, 0.25) is 0 Å². The number of hydrogen-bond acceptors (Lipinski definition) is 2.